The lowest BCUT2D eigenvalue weighted by molar-refractivity contribution is 0.304. The Morgan fingerprint density at radius 2 is 1.75 bits per heavy atom. The normalized spacial score (nSPS) is 11.1. The maximum Gasteiger partial charge on any atom is 0.141 e. The summed E-state index contributed by atoms with van der Waals surface area (Å²) in [4.78, 5) is 4.88. The number of imidazole rings is 1. The molecule has 0 saturated heterocycles. The van der Waals surface area contributed by atoms with Crippen LogP contribution in [-0.2, 0) is 6.54 Å². The van der Waals surface area contributed by atoms with Crippen LogP contribution in [0.4, 0.5) is 0 Å². The summed E-state index contributed by atoms with van der Waals surface area (Å²) in [6.07, 6.45) is 1.93. The lowest BCUT2D eigenvalue weighted by Gasteiger charge is -2.11. The standard InChI is InChI=1S/C23H20BrClN2O/c24-18-9-7-8-17(16-18)23-26-20-11-2-3-12-21(20)27(23)14-5-6-15-28-22-13-4-1-10-19(22)25/h1-4,7-13,16H,5-6,14-15H2. The van der Waals surface area contributed by atoms with Gasteiger partial charge in [0.05, 0.1) is 22.7 Å². The molecule has 0 aliphatic rings. The zero-order valence-electron chi connectivity index (χ0n) is 15.3. The summed E-state index contributed by atoms with van der Waals surface area (Å²) in [5.74, 6) is 1.74. The Morgan fingerprint density at radius 3 is 2.61 bits per heavy atom. The molecule has 5 heteroatoms. The van der Waals surface area contributed by atoms with Gasteiger partial charge in [0.1, 0.15) is 11.6 Å². The minimum atomic E-state index is 0.641. The van der Waals surface area contributed by atoms with Crippen LogP contribution in [0.2, 0.25) is 5.02 Å². The lowest BCUT2D eigenvalue weighted by atomic mass is 10.2. The highest BCUT2D eigenvalue weighted by Gasteiger charge is 2.12. The van der Waals surface area contributed by atoms with Crippen molar-refractivity contribution in [1.29, 1.82) is 0 Å². The molecule has 1 heterocycles. The van der Waals surface area contributed by atoms with Crippen LogP contribution >= 0.6 is 27.5 Å². The number of aromatic nitrogens is 2. The number of rotatable bonds is 7. The van der Waals surface area contributed by atoms with Gasteiger partial charge in [-0.15, -0.1) is 0 Å². The van der Waals surface area contributed by atoms with Gasteiger partial charge in [-0.2, -0.15) is 0 Å². The summed E-state index contributed by atoms with van der Waals surface area (Å²) in [6.45, 7) is 1.52. The zero-order valence-corrected chi connectivity index (χ0v) is 17.7. The third-order valence-electron chi connectivity index (χ3n) is 4.61. The molecule has 0 bridgehead atoms. The van der Waals surface area contributed by atoms with Crippen molar-refractivity contribution in [1.82, 2.24) is 9.55 Å². The largest absolute Gasteiger partial charge is 0.492 e. The highest BCUT2D eigenvalue weighted by atomic mass is 79.9. The molecular weight excluding hydrogens is 436 g/mol. The van der Waals surface area contributed by atoms with Crippen LogP contribution in [0.25, 0.3) is 22.4 Å². The smallest absolute Gasteiger partial charge is 0.141 e. The van der Waals surface area contributed by atoms with Crippen LogP contribution in [0.1, 0.15) is 12.8 Å². The van der Waals surface area contributed by atoms with Crippen molar-refractivity contribution in [2.75, 3.05) is 6.61 Å². The number of fused-ring (bicyclic) bond motifs is 1. The number of nitrogens with zero attached hydrogens (tertiary/aromatic N) is 2. The number of para-hydroxylation sites is 3. The number of hydrogen-bond donors (Lipinski definition) is 0. The van der Waals surface area contributed by atoms with E-state index in [1.54, 1.807) is 0 Å². The van der Waals surface area contributed by atoms with Crippen molar-refractivity contribution < 1.29 is 4.74 Å². The molecule has 4 aromatic rings. The third-order valence-corrected chi connectivity index (χ3v) is 5.41. The third kappa shape index (κ3) is 4.23. The molecule has 0 atom stereocenters. The van der Waals surface area contributed by atoms with Crippen LogP contribution in [0, 0.1) is 0 Å². The first kappa shape index (κ1) is 19.0. The van der Waals surface area contributed by atoms with Crippen LogP contribution in [-0.4, -0.2) is 16.2 Å². The van der Waals surface area contributed by atoms with E-state index in [2.05, 4.69) is 50.8 Å². The van der Waals surface area contributed by atoms with Crippen molar-refractivity contribution in [3.8, 4) is 17.1 Å². The second kappa shape index (κ2) is 8.80. The van der Waals surface area contributed by atoms with E-state index in [4.69, 9.17) is 21.3 Å². The molecule has 28 heavy (non-hydrogen) atoms. The Balaban J connectivity index is 1.48. The number of hydrogen-bond acceptors (Lipinski definition) is 2. The van der Waals surface area contributed by atoms with Crippen molar-refractivity contribution >= 4 is 38.6 Å². The fraction of sp³-hybridized carbons (Fsp3) is 0.174. The SMILES string of the molecule is Clc1ccccc1OCCCCn1c(-c2cccc(Br)c2)nc2ccccc21. The summed E-state index contributed by atoms with van der Waals surface area (Å²) in [5.41, 5.74) is 3.28. The molecule has 0 saturated carbocycles. The quantitative estimate of drug-likeness (QED) is 0.281. The Bertz CT molecular complexity index is 1090. The van der Waals surface area contributed by atoms with Gasteiger partial charge in [-0.1, -0.05) is 63.9 Å². The highest BCUT2D eigenvalue weighted by Crippen LogP contribution is 2.27. The van der Waals surface area contributed by atoms with Gasteiger partial charge in [0, 0.05) is 16.6 Å². The number of ether oxygens (including phenoxy) is 1. The lowest BCUT2D eigenvalue weighted by Crippen LogP contribution is -2.04. The van der Waals surface area contributed by atoms with Crippen molar-refractivity contribution in [2.24, 2.45) is 0 Å². The zero-order chi connectivity index (χ0) is 19.3. The molecule has 0 amide bonds. The number of aryl methyl sites for hydroxylation is 1. The molecule has 142 valence electrons. The van der Waals surface area contributed by atoms with Crippen LogP contribution in [0.15, 0.2) is 77.3 Å². The van der Waals surface area contributed by atoms with E-state index in [0.717, 1.165) is 52.0 Å². The first-order chi connectivity index (χ1) is 13.7. The number of unbranched alkanes of at least 4 members (excludes halogenated alkanes) is 1. The van der Waals surface area contributed by atoms with Gasteiger partial charge in [-0.25, -0.2) is 4.98 Å². The van der Waals surface area contributed by atoms with E-state index < -0.39 is 0 Å². The Kier molecular flexibility index (Phi) is 5.98. The molecule has 0 aliphatic carbocycles. The predicted octanol–water partition coefficient (Wildman–Crippen LogP) is 6.98. The van der Waals surface area contributed by atoms with Gasteiger partial charge < -0.3 is 9.30 Å². The molecule has 0 aliphatic heterocycles. The molecule has 3 nitrogen and oxygen atoms in total. The minimum absolute atomic E-state index is 0.641. The summed E-state index contributed by atoms with van der Waals surface area (Å²) >= 11 is 9.71. The number of halogens is 2. The van der Waals surface area contributed by atoms with Crippen LogP contribution < -0.4 is 4.74 Å². The van der Waals surface area contributed by atoms with E-state index in [1.807, 2.05) is 42.5 Å². The fourth-order valence-electron chi connectivity index (χ4n) is 3.27. The van der Waals surface area contributed by atoms with Gasteiger partial charge >= 0.3 is 0 Å². The molecule has 0 radical (unpaired) electrons. The minimum Gasteiger partial charge on any atom is -0.492 e. The van der Waals surface area contributed by atoms with Gasteiger partial charge in [0.15, 0.2) is 0 Å². The van der Waals surface area contributed by atoms with Crippen LogP contribution in [0.3, 0.4) is 0 Å². The average Bonchev–Trinajstić information content (AvgIpc) is 3.08. The molecule has 3 aromatic carbocycles. The second-order valence-corrected chi connectivity index (χ2v) is 7.89. The van der Waals surface area contributed by atoms with Gasteiger partial charge in [-0.3, -0.25) is 0 Å². The fourth-order valence-corrected chi connectivity index (χ4v) is 3.86. The maximum absolute atomic E-state index is 6.14. The van der Waals surface area contributed by atoms with E-state index >= 15 is 0 Å². The van der Waals surface area contributed by atoms with Gasteiger partial charge in [0.25, 0.3) is 0 Å². The van der Waals surface area contributed by atoms with Crippen LogP contribution in [0.5, 0.6) is 5.75 Å². The monoisotopic (exact) mass is 454 g/mol. The van der Waals surface area contributed by atoms with E-state index in [0.29, 0.717) is 11.6 Å². The first-order valence-corrected chi connectivity index (χ1v) is 10.5. The average molecular weight is 456 g/mol. The molecule has 0 N–H and O–H groups in total. The highest BCUT2D eigenvalue weighted by molar-refractivity contribution is 9.10. The predicted molar refractivity (Wildman–Crippen MR) is 119 cm³/mol. The molecule has 0 fully saturated rings. The summed E-state index contributed by atoms with van der Waals surface area (Å²) in [7, 11) is 0. The van der Waals surface area contributed by atoms with E-state index in [1.165, 1.54) is 0 Å². The Hall–Kier alpha value is -2.30. The van der Waals surface area contributed by atoms with Crippen molar-refractivity contribution in [3.05, 3.63) is 82.3 Å². The molecule has 0 spiro atoms. The summed E-state index contributed by atoms with van der Waals surface area (Å²) in [5, 5.41) is 0.653. The maximum atomic E-state index is 6.14. The first-order valence-electron chi connectivity index (χ1n) is 9.31. The van der Waals surface area contributed by atoms with E-state index in [9.17, 15) is 0 Å². The number of benzene rings is 3. The molecule has 1 aromatic heterocycles. The second-order valence-electron chi connectivity index (χ2n) is 6.57. The Labute approximate surface area is 178 Å². The van der Waals surface area contributed by atoms with Gasteiger partial charge in [-0.05, 0) is 49.2 Å². The molecular formula is C23H20BrClN2O. The van der Waals surface area contributed by atoms with E-state index in [-0.39, 0.29) is 0 Å². The van der Waals surface area contributed by atoms with Crippen molar-refractivity contribution in [3.63, 3.8) is 0 Å². The summed E-state index contributed by atoms with van der Waals surface area (Å²) in [6, 6.07) is 24.2. The summed E-state index contributed by atoms with van der Waals surface area (Å²) < 4.78 is 9.16. The van der Waals surface area contributed by atoms with Gasteiger partial charge in [0.2, 0.25) is 0 Å². The molecule has 0 unspecified atom stereocenters. The van der Waals surface area contributed by atoms with Crippen molar-refractivity contribution in [2.45, 2.75) is 19.4 Å². The molecule has 4 rings (SSSR count). The topological polar surface area (TPSA) is 27.1 Å². The Morgan fingerprint density at radius 1 is 0.929 bits per heavy atom.